The number of furan rings is 1. The van der Waals surface area contributed by atoms with Crippen LogP contribution in [0, 0.1) is 13.8 Å². The van der Waals surface area contributed by atoms with Gasteiger partial charge in [-0.05, 0) is 32.0 Å². The second-order valence-corrected chi connectivity index (χ2v) is 6.48. The van der Waals surface area contributed by atoms with Gasteiger partial charge in [-0.25, -0.2) is 9.59 Å². The molecule has 29 heavy (non-hydrogen) atoms. The van der Waals surface area contributed by atoms with Gasteiger partial charge < -0.3 is 28.2 Å². The predicted molar refractivity (Wildman–Crippen MR) is 104 cm³/mol. The van der Waals surface area contributed by atoms with E-state index in [1.807, 2.05) is 0 Å². The molecular weight excluding hydrogens is 380 g/mol. The first kappa shape index (κ1) is 18.4. The Balaban J connectivity index is 2.17. The summed E-state index contributed by atoms with van der Waals surface area (Å²) in [6.45, 7) is 3.10. The van der Waals surface area contributed by atoms with Crippen LogP contribution in [0.15, 0.2) is 53.2 Å². The van der Waals surface area contributed by atoms with Crippen LogP contribution in [0.25, 0.3) is 33.4 Å². The third-order valence-electron chi connectivity index (χ3n) is 4.47. The molecule has 4 aromatic rings. The van der Waals surface area contributed by atoms with E-state index in [1.54, 1.807) is 6.92 Å². The second-order valence-electron chi connectivity index (χ2n) is 6.48. The number of rotatable bonds is 3. The minimum absolute atomic E-state index is 0.0101. The third kappa shape index (κ3) is 2.94. The summed E-state index contributed by atoms with van der Waals surface area (Å²) in [4.78, 5) is 25.2. The zero-order chi connectivity index (χ0) is 20.9. The van der Waals surface area contributed by atoms with E-state index in [1.165, 1.54) is 44.4 Å². The van der Waals surface area contributed by atoms with Gasteiger partial charge in [0.15, 0.2) is 11.5 Å². The molecule has 4 rings (SSSR count). The van der Waals surface area contributed by atoms with E-state index in [4.69, 9.17) is 18.0 Å². The van der Waals surface area contributed by atoms with Crippen LogP contribution in [0.1, 0.15) is 11.5 Å². The predicted octanol–water partition coefficient (Wildman–Crippen LogP) is 3.71. The van der Waals surface area contributed by atoms with Crippen molar-refractivity contribution >= 4 is 11.0 Å². The molecule has 3 heterocycles. The van der Waals surface area contributed by atoms with E-state index in [2.05, 4.69) is 0 Å². The fourth-order valence-corrected chi connectivity index (χ4v) is 3.25. The molecule has 0 saturated carbocycles. The summed E-state index contributed by atoms with van der Waals surface area (Å²) in [5.41, 5.74) is -1.18. The summed E-state index contributed by atoms with van der Waals surface area (Å²) >= 11 is 0. The average Bonchev–Trinajstić information content (AvgIpc) is 3.00. The largest absolute Gasteiger partial charge is 0.507 e. The average molecular weight is 396 g/mol. The van der Waals surface area contributed by atoms with Crippen LogP contribution in [0.2, 0.25) is 0 Å². The van der Waals surface area contributed by atoms with Gasteiger partial charge in [-0.15, -0.1) is 0 Å². The quantitative estimate of drug-likeness (QED) is 0.537. The number of aromatic hydroxyl groups is 2. The van der Waals surface area contributed by atoms with Crippen molar-refractivity contribution in [1.82, 2.24) is 0 Å². The van der Waals surface area contributed by atoms with Crippen LogP contribution in [0.5, 0.6) is 17.2 Å². The minimum atomic E-state index is -0.836. The Labute approximate surface area is 163 Å². The maximum atomic E-state index is 12.6. The molecule has 0 fully saturated rings. The summed E-state index contributed by atoms with van der Waals surface area (Å²) in [5.74, 6) is 0.341. The van der Waals surface area contributed by atoms with Gasteiger partial charge in [-0.3, -0.25) is 0 Å². The highest BCUT2D eigenvalue weighted by Crippen LogP contribution is 2.43. The summed E-state index contributed by atoms with van der Waals surface area (Å²) < 4.78 is 21.3. The van der Waals surface area contributed by atoms with E-state index in [-0.39, 0.29) is 50.9 Å². The van der Waals surface area contributed by atoms with Crippen molar-refractivity contribution in [2.75, 3.05) is 7.11 Å². The molecule has 0 bridgehead atoms. The highest BCUT2D eigenvalue weighted by molar-refractivity contribution is 6.02. The SMILES string of the molecule is COc1cc(-c2oc3cc(C)oc(=O)c3c2-c2c(O)cc(C)oc2=O)ccc1O. The van der Waals surface area contributed by atoms with Gasteiger partial charge in [0.05, 0.1) is 12.7 Å². The molecule has 0 spiro atoms. The molecule has 148 valence electrons. The van der Waals surface area contributed by atoms with Gasteiger partial charge in [0.2, 0.25) is 0 Å². The number of methoxy groups -OCH3 is 1. The minimum Gasteiger partial charge on any atom is -0.507 e. The first-order valence-corrected chi connectivity index (χ1v) is 8.59. The molecule has 0 saturated heterocycles. The highest BCUT2D eigenvalue weighted by Gasteiger charge is 2.27. The molecule has 0 atom stereocenters. The molecule has 0 aliphatic carbocycles. The first-order valence-electron chi connectivity index (χ1n) is 8.59. The zero-order valence-corrected chi connectivity index (χ0v) is 15.7. The molecule has 8 nitrogen and oxygen atoms in total. The van der Waals surface area contributed by atoms with Crippen molar-refractivity contribution in [2.24, 2.45) is 0 Å². The lowest BCUT2D eigenvalue weighted by Crippen LogP contribution is -2.07. The lowest BCUT2D eigenvalue weighted by atomic mass is 9.99. The molecule has 3 aromatic heterocycles. The Morgan fingerprint density at radius 3 is 2.21 bits per heavy atom. The normalized spacial score (nSPS) is 11.1. The third-order valence-corrected chi connectivity index (χ3v) is 4.47. The topological polar surface area (TPSA) is 123 Å². The maximum Gasteiger partial charge on any atom is 0.347 e. The molecule has 0 aliphatic rings. The first-order chi connectivity index (χ1) is 13.8. The Morgan fingerprint density at radius 1 is 0.828 bits per heavy atom. The molecule has 0 radical (unpaired) electrons. The zero-order valence-electron chi connectivity index (χ0n) is 15.7. The van der Waals surface area contributed by atoms with Gasteiger partial charge in [-0.2, -0.15) is 0 Å². The van der Waals surface area contributed by atoms with E-state index < -0.39 is 11.3 Å². The number of fused-ring (bicyclic) bond motifs is 1. The van der Waals surface area contributed by atoms with Gasteiger partial charge in [0, 0.05) is 17.7 Å². The van der Waals surface area contributed by atoms with Crippen molar-refractivity contribution in [3.8, 4) is 39.7 Å². The number of ether oxygens (including phenoxy) is 1. The van der Waals surface area contributed by atoms with Gasteiger partial charge in [0.1, 0.15) is 39.6 Å². The Morgan fingerprint density at radius 2 is 1.52 bits per heavy atom. The molecule has 0 aliphatic heterocycles. The van der Waals surface area contributed by atoms with E-state index >= 15 is 0 Å². The Bertz CT molecular complexity index is 1370. The summed E-state index contributed by atoms with van der Waals surface area (Å²) in [7, 11) is 1.39. The molecule has 0 amide bonds. The lowest BCUT2D eigenvalue weighted by Gasteiger charge is -2.08. The number of aryl methyl sites for hydroxylation is 2. The van der Waals surface area contributed by atoms with Gasteiger partial charge in [-0.1, -0.05) is 0 Å². The molecule has 8 heteroatoms. The van der Waals surface area contributed by atoms with Crippen molar-refractivity contribution in [3.05, 3.63) is 62.7 Å². The van der Waals surface area contributed by atoms with Crippen molar-refractivity contribution in [2.45, 2.75) is 13.8 Å². The maximum absolute atomic E-state index is 12.6. The fraction of sp³-hybridized carbons (Fsp3) is 0.143. The smallest absolute Gasteiger partial charge is 0.347 e. The molecule has 0 unspecified atom stereocenters. The van der Waals surface area contributed by atoms with Gasteiger partial charge in [0.25, 0.3) is 0 Å². The Kier molecular flexibility index (Phi) is 4.19. The van der Waals surface area contributed by atoms with Crippen molar-refractivity contribution < 1.29 is 28.2 Å². The number of phenolic OH excluding ortho intramolecular Hbond substituents is 1. The van der Waals surface area contributed by atoms with Crippen LogP contribution in [-0.4, -0.2) is 17.3 Å². The van der Waals surface area contributed by atoms with E-state index in [9.17, 15) is 19.8 Å². The molecular formula is C21H16O8. The van der Waals surface area contributed by atoms with Crippen LogP contribution in [0.4, 0.5) is 0 Å². The van der Waals surface area contributed by atoms with Crippen LogP contribution in [0.3, 0.4) is 0 Å². The van der Waals surface area contributed by atoms with Crippen LogP contribution < -0.4 is 16.0 Å². The fourth-order valence-electron chi connectivity index (χ4n) is 3.25. The number of benzene rings is 1. The van der Waals surface area contributed by atoms with Crippen LogP contribution >= 0.6 is 0 Å². The number of hydrogen-bond acceptors (Lipinski definition) is 8. The van der Waals surface area contributed by atoms with Crippen molar-refractivity contribution in [1.29, 1.82) is 0 Å². The number of phenols is 1. The standard InChI is InChI=1S/C21H16O8/c1-9-6-13(23)16(20(24)27-9)18-17-15(7-10(2)28-21(17)25)29-19(18)11-4-5-12(22)14(8-11)26-3/h4-8,22-23H,1-3H3. The Hall–Kier alpha value is -3.94. The van der Waals surface area contributed by atoms with Crippen LogP contribution in [-0.2, 0) is 0 Å². The van der Waals surface area contributed by atoms with E-state index in [0.717, 1.165) is 0 Å². The summed E-state index contributed by atoms with van der Waals surface area (Å²) in [6, 6.07) is 7.18. The number of hydrogen-bond donors (Lipinski definition) is 2. The van der Waals surface area contributed by atoms with Crippen molar-refractivity contribution in [3.63, 3.8) is 0 Å². The molecule has 1 aromatic carbocycles. The summed E-state index contributed by atoms with van der Waals surface area (Å²) in [6.07, 6.45) is 0. The monoisotopic (exact) mass is 396 g/mol. The summed E-state index contributed by atoms with van der Waals surface area (Å²) in [5, 5.41) is 20.3. The highest BCUT2D eigenvalue weighted by atomic mass is 16.5. The molecule has 2 N–H and O–H groups in total. The second kappa shape index (κ2) is 6.59. The van der Waals surface area contributed by atoms with E-state index in [0.29, 0.717) is 11.3 Å². The van der Waals surface area contributed by atoms with Gasteiger partial charge >= 0.3 is 11.3 Å². The lowest BCUT2D eigenvalue weighted by molar-refractivity contribution is 0.373.